The maximum absolute atomic E-state index is 11.1. The lowest BCUT2D eigenvalue weighted by Gasteiger charge is -2.13. The summed E-state index contributed by atoms with van der Waals surface area (Å²) in [4.78, 5) is 43.4. The third-order valence-electron chi connectivity index (χ3n) is 2.84. The van der Waals surface area contributed by atoms with Gasteiger partial charge < -0.3 is 18.9 Å². The quantitative estimate of drug-likeness (QED) is 0.201. The van der Waals surface area contributed by atoms with Crippen molar-refractivity contribution in [2.75, 3.05) is 13.2 Å². The highest BCUT2D eigenvalue weighted by Crippen LogP contribution is 2.04. The van der Waals surface area contributed by atoms with Crippen LogP contribution in [0.5, 0.6) is 0 Å². The van der Waals surface area contributed by atoms with Crippen LogP contribution in [0.1, 0.15) is 41.5 Å². The van der Waals surface area contributed by atoms with Gasteiger partial charge in [-0.25, -0.2) is 19.2 Å². The number of carbonyl (C=O) groups is 4. The first-order chi connectivity index (χ1) is 13.7. The van der Waals surface area contributed by atoms with E-state index in [2.05, 4.69) is 38.0 Å². The van der Waals surface area contributed by atoms with Crippen molar-refractivity contribution in [2.24, 2.45) is 0 Å². The zero-order chi connectivity index (χ0) is 24.0. The number of esters is 4. The van der Waals surface area contributed by atoms with Gasteiger partial charge in [0.05, 0.1) is 12.7 Å². The molecule has 2 atom stereocenters. The summed E-state index contributed by atoms with van der Waals surface area (Å²) in [7, 11) is 0. The first-order valence-corrected chi connectivity index (χ1v) is 9.07. The molecule has 0 bridgehead atoms. The van der Waals surface area contributed by atoms with E-state index in [0.29, 0.717) is 17.3 Å². The predicted molar refractivity (Wildman–Crippen MR) is 112 cm³/mol. The molecule has 0 aliphatic carbocycles. The Kier molecular flexibility index (Phi) is 14.5. The molecule has 1 aliphatic heterocycles. The summed E-state index contributed by atoms with van der Waals surface area (Å²) >= 11 is 0. The normalized spacial score (nSPS) is 14.1. The van der Waals surface area contributed by atoms with Gasteiger partial charge in [0.15, 0.2) is 0 Å². The molecule has 0 saturated carbocycles. The Hall–Kier alpha value is -3.00. The molecule has 1 heterocycles. The summed E-state index contributed by atoms with van der Waals surface area (Å²) in [6.45, 7) is 24.2. The standard InChI is InChI=1S/C11H16O4.C8H10O3.C3H6O/c1-7(2)10(12)14-6-9(5)15-11(13)8(3)4;1-5(2)7(9)11-8(10)6(3)4;1-3-2-4-3/h9H,1,3,6H2,2,4-5H3;1,3H2,2,4H3;3H,2H2,1H3. The summed E-state index contributed by atoms with van der Waals surface area (Å²) in [6, 6.07) is 0. The minimum atomic E-state index is -0.710. The highest BCUT2D eigenvalue weighted by molar-refractivity contribution is 6.00. The Morgan fingerprint density at radius 2 is 1.17 bits per heavy atom. The Balaban J connectivity index is 0. The van der Waals surface area contributed by atoms with Crippen molar-refractivity contribution in [3.63, 3.8) is 0 Å². The third kappa shape index (κ3) is 17.1. The van der Waals surface area contributed by atoms with Crippen LogP contribution in [0.4, 0.5) is 0 Å². The van der Waals surface area contributed by atoms with Crippen molar-refractivity contribution < 1.29 is 38.1 Å². The van der Waals surface area contributed by atoms with Crippen molar-refractivity contribution in [3.05, 3.63) is 48.6 Å². The van der Waals surface area contributed by atoms with Crippen molar-refractivity contribution in [2.45, 2.75) is 53.8 Å². The van der Waals surface area contributed by atoms with Crippen LogP contribution in [0.25, 0.3) is 0 Å². The number of epoxide rings is 1. The summed E-state index contributed by atoms with van der Waals surface area (Å²) in [5.41, 5.74) is 1.01. The average Bonchev–Trinajstić information content (AvgIpc) is 3.42. The van der Waals surface area contributed by atoms with Gasteiger partial charge >= 0.3 is 23.9 Å². The second kappa shape index (κ2) is 14.9. The lowest BCUT2D eigenvalue weighted by Crippen LogP contribution is -2.22. The van der Waals surface area contributed by atoms with E-state index in [0.717, 1.165) is 6.61 Å². The van der Waals surface area contributed by atoms with Crippen LogP contribution in [0.15, 0.2) is 48.6 Å². The van der Waals surface area contributed by atoms with Gasteiger partial charge in [-0.15, -0.1) is 0 Å². The lowest BCUT2D eigenvalue weighted by atomic mass is 10.3. The topological polar surface area (TPSA) is 108 Å². The van der Waals surface area contributed by atoms with E-state index >= 15 is 0 Å². The molecular formula is C22H32O8. The fraction of sp³-hybridized carbons (Fsp3) is 0.455. The summed E-state index contributed by atoms with van der Waals surface area (Å²) < 4.78 is 18.7. The van der Waals surface area contributed by atoms with Gasteiger partial charge in [0.2, 0.25) is 0 Å². The van der Waals surface area contributed by atoms with Crippen LogP contribution in [0.2, 0.25) is 0 Å². The Morgan fingerprint density at radius 1 is 0.833 bits per heavy atom. The smallest absolute Gasteiger partial charge is 0.340 e. The molecule has 1 saturated heterocycles. The minimum absolute atomic E-state index is 0.0186. The van der Waals surface area contributed by atoms with Crippen LogP contribution in [0, 0.1) is 0 Å². The Labute approximate surface area is 178 Å². The monoisotopic (exact) mass is 424 g/mol. The number of hydrogen-bond acceptors (Lipinski definition) is 8. The highest BCUT2D eigenvalue weighted by Gasteiger charge is 2.13. The largest absolute Gasteiger partial charge is 0.458 e. The maximum atomic E-state index is 11.1. The van der Waals surface area contributed by atoms with E-state index in [1.165, 1.54) is 13.8 Å². The molecule has 1 rings (SSSR count). The molecule has 2 unspecified atom stereocenters. The summed E-state index contributed by atoms with van der Waals surface area (Å²) in [5, 5.41) is 0. The van der Waals surface area contributed by atoms with Crippen molar-refractivity contribution in [3.8, 4) is 0 Å². The fourth-order valence-corrected chi connectivity index (χ4v) is 0.988. The van der Waals surface area contributed by atoms with Gasteiger partial charge in [-0.2, -0.15) is 0 Å². The maximum Gasteiger partial charge on any atom is 0.340 e. The molecule has 1 fully saturated rings. The van der Waals surface area contributed by atoms with Crippen LogP contribution in [-0.2, 0) is 38.1 Å². The molecule has 8 nitrogen and oxygen atoms in total. The van der Waals surface area contributed by atoms with Gasteiger partial charge in [-0.1, -0.05) is 26.3 Å². The number of carbonyl (C=O) groups excluding carboxylic acids is 4. The fourth-order valence-electron chi connectivity index (χ4n) is 0.988. The van der Waals surface area contributed by atoms with Gasteiger partial charge in [-0.05, 0) is 41.5 Å². The van der Waals surface area contributed by atoms with Crippen molar-refractivity contribution in [1.29, 1.82) is 0 Å². The summed E-state index contributed by atoms with van der Waals surface area (Å²) in [5.74, 6) is -2.40. The molecular weight excluding hydrogens is 392 g/mol. The lowest BCUT2D eigenvalue weighted by molar-refractivity contribution is -0.154. The van der Waals surface area contributed by atoms with Gasteiger partial charge in [-0.3, -0.25) is 0 Å². The highest BCUT2D eigenvalue weighted by atomic mass is 16.6. The van der Waals surface area contributed by atoms with Crippen LogP contribution in [-0.4, -0.2) is 49.3 Å². The molecule has 0 aromatic heterocycles. The average molecular weight is 424 g/mol. The van der Waals surface area contributed by atoms with Crippen LogP contribution in [0.3, 0.4) is 0 Å². The molecule has 0 spiro atoms. The van der Waals surface area contributed by atoms with E-state index < -0.39 is 30.0 Å². The number of rotatable bonds is 7. The Bertz CT molecular complexity index is 674. The molecule has 8 heteroatoms. The number of hydrogen-bond donors (Lipinski definition) is 0. The van der Waals surface area contributed by atoms with Gasteiger partial charge in [0, 0.05) is 22.3 Å². The third-order valence-corrected chi connectivity index (χ3v) is 2.84. The Morgan fingerprint density at radius 3 is 1.43 bits per heavy atom. The zero-order valence-corrected chi connectivity index (χ0v) is 18.7. The van der Waals surface area contributed by atoms with Crippen molar-refractivity contribution >= 4 is 23.9 Å². The molecule has 168 valence electrons. The van der Waals surface area contributed by atoms with Crippen molar-refractivity contribution in [1.82, 2.24) is 0 Å². The zero-order valence-electron chi connectivity index (χ0n) is 18.7. The van der Waals surface area contributed by atoms with Gasteiger partial charge in [0.1, 0.15) is 12.7 Å². The SMILES string of the molecule is C=C(C)C(=O)OC(=O)C(=C)C.C=C(C)C(=O)OCC(C)OC(=O)C(=C)C.CC1CO1. The molecule has 0 radical (unpaired) electrons. The van der Waals surface area contributed by atoms with E-state index in [-0.39, 0.29) is 17.8 Å². The molecule has 1 aliphatic rings. The minimum Gasteiger partial charge on any atom is -0.458 e. The molecule has 0 aromatic rings. The van der Waals surface area contributed by atoms with E-state index in [1.54, 1.807) is 20.8 Å². The van der Waals surface area contributed by atoms with Crippen LogP contribution < -0.4 is 0 Å². The van der Waals surface area contributed by atoms with Crippen LogP contribution >= 0.6 is 0 Å². The van der Waals surface area contributed by atoms with Gasteiger partial charge in [0.25, 0.3) is 0 Å². The second-order valence-electron chi connectivity index (χ2n) is 6.76. The number of ether oxygens (including phenoxy) is 4. The van der Waals surface area contributed by atoms with E-state index in [9.17, 15) is 19.2 Å². The summed E-state index contributed by atoms with van der Waals surface area (Å²) in [6.07, 6.45) is 0.0949. The molecule has 0 N–H and O–H groups in total. The molecule has 0 aromatic carbocycles. The second-order valence-corrected chi connectivity index (χ2v) is 6.76. The molecule has 0 amide bonds. The predicted octanol–water partition coefficient (Wildman–Crippen LogP) is 3.23. The molecule has 30 heavy (non-hydrogen) atoms. The van der Waals surface area contributed by atoms with E-state index in [4.69, 9.17) is 14.2 Å². The first-order valence-electron chi connectivity index (χ1n) is 9.07. The first kappa shape index (κ1) is 29.2. The van der Waals surface area contributed by atoms with E-state index in [1.807, 2.05) is 0 Å².